The highest BCUT2D eigenvalue weighted by Crippen LogP contribution is 2.23. The molecule has 0 spiro atoms. The molecule has 1 aliphatic rings. The van der Waals surface area contributed by atoms with E-state index in [9.17, 15) is 8.78 Å². The molecule has 0 aromatic carbocycles. The van der Waals surface area contributed by atoms with Crippen LogP contribution in [0.4, 0.5) is 8.78 Å². The van der Waals surface area contributed by atoms with Crippen LogP contribution in [0, 0.1) is 5.92 Å². The van der Waals surface area contributed by atoms with Crippen molar-refractivity contribution >= 4 is 9.24 Å². The maximum Gasteiger partial charge on any atom is 0.281 e. The van der Waals surface area contributed by atoms with Crippen LogP contribution in [-0.2, 0) is 4.74 Å². The van der Waals surface area contributed by atoms with Crippen molar-refractivity contribution in [3.63, 3.8) is 0 Å². The zero-order chi connectivity index (χ0) is 9.90. The summed E-state index contributed by atoms with van der Waals surface area (Å²) in [5.74, 6) is 0.622. The van der Waals surface area contributed by atoms with Gasteiger partial charge in [0.25, 0.3) is 5.66 Å². The van der Waals surface area contributed by atoms with Crippen LogP contribution in [0.1, 0.15) is 19.8 Å². The van der Waals surface area contributed by atoms with Crippen molar-refractivity contribution in [2.45, 2.75) is 31.7 Å². The van der Waals surface area contributed by atoms with E-state index in [4.69, 9.17) is 4.74 Å². The molecule has 0 saturated carbocycles. The van der Waals surface area contributed by atoms with E-state index in [1.54, 1.807) is 0 Å². The summed E-state index contributed by atoms with van der Waals surface area (Å²) in [5.41, 5.74) is -2.80. The number of alkyl halides is 2. The van der Waals surface area contributed by atoms with Crippen LogP contribution in [0.15, 0.2) is 0 Å². The third-order valence-corrected chi connectivity index (χ3v) is 2.26. The van der Waals surface area contributed by atoms with Crippen molar-refractivity contribution in [2.24, 2.45) is 5.92 Å². The lowest BCUT2D eigenvalue weighted by atomic mass is 10.0. The van der Waals surface area contributed by atoms with Gasteiger partial charge in [-0.05, 0) is 18.8 Å². The second kappa shape index (κ2) is 4.63. The Morgan fingerprint density at radius 3 is 2.69 bits per heavy atom. The number of nitrogens with one attached hydrogen (secondary N) is 1. The fourth-order valence-corrected chi connectivity index (χ4v) is 1.42. The summed E-state index contributed by atoms with van der Waals surface area (Å²) in [6.45, 7) is 2.46. The molecule has 3 unspecified atom stereocenters. The Balaban J connectivity index is 2.16. The van der Waals surface area contributed by atoms with Crippen molar-refractivity contribution in [1.29, 1.82) is 0 Å². The monoisotopic (exact) mass is 211 g/mol. The van der Waals surface area contributed by atoms with E-state index >= 15 is 0 Å². The molecule has 1 rings (SSSR count). The minimum Gasteiger partial charge on any atom is -0.357 e. The maximum absolute atomic E-state index is 12.4. The summed E-state index contributed by atoms with van der Waals surface area (Å²) in [6.07, 6.45) is 1.67. The highest BCUT2D eigenvalue weighted by Gasteiger charge is 2.25. The van der Waals surface area contributed by atoms with Gasteiger partial charge in [0.2, 0.25) is 0 Å². The third-order valence-electron chi connectivity index (χ3n) is 2.09. The van der Waals surface area contributed by atoms with Crippen LogP contribution in [0.5, 0.6) is 0 Å². The van der Waals surface area contributed by atoms with Crippen molar-refractivity contribution in [3.05, 3.63) is 0 Å². The highest BCUT2D eigenvalue weighted by molar-refractivity contribution is 7.18. The Labute approximate surface area is 79.6 Å². The standard InChI is InChI=1S/C8H16F2NOP/c1-6-2-3-7(11-4-6)12-5-8(9,10)13/h6-7,11H,2-5,13H2,1H3. The number of hydrogen-bond acceptors (Lipinski definition) is 2. The molecule has 0 amide bonds. The molecule has 0 aromatic rings. The first-order valence-electron chi connectivity index (χ1n) is 4.49. The van der Waals surface area contributed by atoms with Gasteiger partial charge in [-0.25, -0.2) is 0 Å². The molecule has 78 valence electrons. The highest BCUT2D eigenvalue weighted by atomic mass is 31.0. The Morgan fingerprint density at radius 1 is 1.54 bits per heavy atom. The number of rotatable bonds is 3. The molecule has 1 heterocycles. The van der Waals surface area contributed by atoms with E-state index in [1.165, 1.54) is 9.24 Å². The lowest BCUT2D eigenvalue weighted by Gasteiger charge is -2.28. The molecule has 1 saturated heterocycles. The Bertz CT molecular complexity index is 155. The number of ether oxygens (including phenoxy) is 1. The number of halogens is 2. The van der Waals surface area contributed by atoms with Crippen LogP contribution in [0.2, 0.25) is 0 Å². The SMILES string of the molecule is CC1CCC(OCC(F)(F)P)NC1. The van der Waals surface area contributed by atoms with Gasteiger partial charge in [0, 0.05) is 6.54 Å². The molecule has 0 aromatic heterocycles. The van der Waals surface area contributed by atoms with Crippen LogP contribution >= 0.6 is 9.24 Å². The first kappa shape index (κ1) is 11.3. The molecule has 13 heavy (non-hydrogen) atoms. The molecule has 1 fully saturated rings. The summed E-state index contributed by atoms with van der Waals surface area (Å²) in [5, 5.41) is 3.08. The predicted molar refractivity (Wildman–Crippen MR) is 50.8 cm³/mol. The van der Waals surface area contributed by atoms with E-state index in [1.807, 2.05) is 0 Å². The van der Waals surface area contributed by atoms with E-state index in [0.717, 1.165) is 19.4 Å². The van der Waals surface area contributed by atoms with Gasteiger partial charge in [-0.15, -0.1) is 0 Å². The predicted octanol–water partition coefficient (Wildman–Crippen LogP) is 1.82. The second-order valence-electron chi connectivity index (χ2n) is 3.65. The first-order valence-corrected chi connectivity index (χ1v) is 5.07. The van der Waals surface area contributed by atoms with Gasteiger partial charge >= 0.3 is 0 Å². The van der Waals surface area contributed by atoms with Gasteiger partial charge in [-0.3, -0.25) is 5.32 Å². The van der Waals surface area contributed by atoms with Crippen molar-refractivity contribution in [2.75, 3.05) is 13.2 Å². The van der Waals surface area contributed by atoms with Crippen molar-refractivity contribution in [1.82, 2.24) is 5.32 Å². The van der Waals surface area contributed by atoms with E-state index in [-0.39, 0.29) is 6.23 Å². The Hall–Kier alpha value is 0.210. The van der Waals surface area contributed by atoms with Gasteiger partial charge in [0.15, 0.2) is 0 Å². The van der Waals surface area contributed by atoms with Crippen LogP contribution in [0.3, 0.4) is 0 Å². The third kappa shape index (κ3) is 4.84. The van der Waals surface area contributed by atoms with Crippen molar-refractivity contribution in [3.8, 4) is 0 Å². The fraction of sp³-hybridized carbons (Fsp3) is 1.00. The molecular weight excluding hydrogens is 195 g/mol. The van der Waals surface area contributed by atoms with Gasteiger partial charge in [0.1, 0.15) is 12.8 Å². The molecule has 5 heteroatoms. The zero-order valence-corrected chi connectivity index (χ0v) is 8.88. The molecule has 1 N–H and O–H groups in total. The molecule has 0 aliphatic carbocycles. The number of piperidine rings is 1. The molecule has 0 radical (unpaired) electrons. The maximum atomic E-state index is 12.4. The Kier molecular flexibility index (Phi) is 4.02. The molecule has 1 aliphatic heterocycles. The molecule has 0 bridgehead atoms. The minimum atomic E-state index is -2.80. The minimum absolute atomic E-state index is 0.192. The first-order chi connectivity index (χ1) is 5.97. The summed E-state index contributed by atoms with van der Waals surface area (Å²) in [6, 6.07) is 0. The fourth-order valence-electron chi connectivity index (χ4n) is 1.33. The zero-order valence-electron chi connectivity index (χ0n) is 7.72. The Morgan fingerprint density at radius 2 is 2.23 bits per heavy atom. The topological polar surface area (TPSA) is 21.3 Å². The lowest BCUT2D eigenvalue weighted by molar-refractivity contribution is -0.0665. The second-order valence-corrected chi connectivity index (χ2v) is 4.50. The average Bonchev–Trinajstić information content (AvgIpc) is 2.02. The van der Waals surface area contributed by atoms with Crippen molar-refractivity contribution < 1.29 is 13.5 Å². The summed E-state index contributed by atoms with van der Waals surface area (Å²) in [4.78, 5) is 0. The smallest absolute Gasteiger partial charge is 0.281 e. The summed E-state index contributed by atoms with van der Waals surface area (Å²) in [7, 11) is 1.48. The van der Waals surface area contributed by atoms with Gasteiger partial charge in [-0.1, -0.05) is 16.2 Å². The lowest BCUT2D eigenvalue weighted by Crippen LogP contribution is -2.41. The normalized spacial score (nSPS) is 30.5. The van der Waals surface area contributed by atoms with Gasteiger partial charge < -0.3 is 4.74 Å². The van der Waals surface area contributed by atoms with E-state index in [2.05, 4.69) is 12.2 Å². The largest absolute Gasteiger partial charge is 0.357 e. The van der Waals surface area contributed by atoms with Gasteiger partial charge in [0.05, 0.1) is 0 Å². The summed E-state index contributed by atoms with van der Waals surface area (Å²) >= 11 is 0. The van der Waals surface area contributed by atoms with Crippen LogP contribution in [0.25, 0.3) is 0 Å². The number of hydrogen-bond donors (Lipinski definition) is 1. The van der Waals surface area contributed by atoms with E-state index in [0.29, 0.717) is 5.92 Å². The molecule has 2 nitrogen and oxygen atoms in total. The average molecular weight is 211 g/mol. The molecular formula is C8H16F2NOP. The molecule has 3 atom stereocenters. The van der Waals surface area contributed by atoms with Crippen LogP contribution < -0.4 is 5.32 Å². The quantitative estimate of drug-likeness (QED) is 0.719. The van der Waals surface area contributed by atoms with Gasteiger partial charge in [-0.2, -0.15) is 8.78 Å². The van der Waals surface area contributed by atoms with E-state index < -0.39 is 12.3 Å². The van der Waals surface area contributed by atoms with Crippen LogP contribution in [-0.4, -0.2) is 25.0 Å². The summed E-state index contributed by atoms with van der Waals surface area (Å²) < 4.78 is 29.7.